The minimum atomic E-state index is -1.21. The molecular formula is C15H22O3. The second-order valence-corrected chi connectivity index (χ2v) is 5.23. The lowest BCUT2D eigenvalue weighted by molar-refractivity contribution is -0.152. The van der Waals surface area contributed by atoms with Crippen LogP contribution in [0.2, 0.25) is 0 Å². The Morgan fingerprint density at radius 1 is 1.28 bits per heavy atom. The van der Waals surface area contributed by atoms with Crippen molar-refractivity contribution >= 4 is 5.97 Å². The molecule has 0 atom stereocenters. The summed E-state index contributed by atoms with van der Waals surface area (Å²) in [6, 6.07) is 4.15. The van der Waals surface area contributed by atoms with Crippen LogP contribution in [0.5, 0.6) is 5.75 Å². The van der Waals surface area contributed by atoms with Crippen molar-refractivity contribution in [3.8, 4) is 5.75 Å². The smallest absolute Gasteiger partial charge is 0.347 e. The van der Waals surface area contributed by atoms with Crippen molar-refractivity contribution in [2.45, 2.75) is 53.1 Å². The SMILES string of the molecule is CCCc1cc(C)c(OC(C)(C)C(=O)O)c(C)c1. The molecule has 0 heterocycles. The third kappa shape index (κ3) is 3.25. The molecule has 1 N–H and O–H groups in total. The van der Waals surface area contributed by atoms with E-state index in [4.69, 9.17) is 9.84 Å². The van der Waals surface area contributed by atoms with Gasteiger partial charge in [0.15, 0.2) is 5.60 Å². The number of hydrogen-bond donors (Lipinski definition) is 1. The Morgan fingerprint density at radius 3 is 2.17 bits per heavy atom. The van der Waals surface area contributed by atoms with Crippen molar-refractivity contribution in [2.75, 3.05) is 0 Å². The molecule has 0 spiro atoms. The molecule has 0 unspecified atom stereocenters. The average Bonchev–Trinajstić information content (AvgIpc) is 2.24. The number of carbonyl (C=O) groups is 1. The third-order valence-corrected chi connectivity index (χ3v) is 2.93. The number of aryl methyl sites for hydroxylation is 3. The van der Waals surface area contributed by atoms with Gasteiger partial charge in [-0.15, -0.1) is 0 Å². The highest BCUT2D eigenvalue weighted by molar-refractivity contribution is 5.77. The van der Waals surface area contributed by atoms with Crippen molar-refractivity contribution in [1.82, 2.24) is 0 Å². The fourth-order valence-electron chi connectivity index (χ4n) is 1.93. The highest BCUT2D eigenvalue weighted by Gasteiger charge is 2.30. The Bertz CT molecular complexity index is 424. The Labute approximate surface area is 109 Å². The Morgan fingerprint density at radius 2 is 1.78 bits per heavy atom. The van der Waals surface area contributed by atoms with Crippen molar-refractivity contribution < 1.29 is 14.6 Å². The fourth-order valence-corrected chi connectivity index (χ4v) is 1.93. The van der Waals surface area contributed by atoms with Crippen LogP contribution in [-0.2, 0) is 11.2 Å². The van der Waals surface area contributed by atoms with Gasteiger partial charge < -0.3 is 9.84 Å². The molecule has 0 aliphatic heterocycles. The number of rotatable bonds is 5. The Balaban J connectivity index is 3.07. The summed E-state index contributed by atoms with van der Waals surface area (Å²) in [5.41, 5.74) is 2.05. The first-order chi connectivity index (χ1) is 8.27. The maximum atomic E-state index is 11.1. The van der Waals surface area contributed by atoms with E-state index in [2.05, 4.69) is 19.1 Å². The molecular weight excluding hydrogens is 228 g/mol. The summed E-state index contributed by atoms with van der Waals surface area (Å²) in [6.07, 6.45) is 2.13. The zero-order valence-electron chi connectivity index (χ0n) is 11.8. The minimum Gasteiger partial charge on any atom is -0.478 e. The second kappa shape index (κ2) is 5.42. The van der Waals surface area contributed by atoms with E-state index in [1.165, 1.54) is 5.56 Å². The lowest BCUT2D eigenvalue weighted by Crippen LogP contribution is -2.38. The minimum absolute atomic E-state index is 0.683. The quantitative estimate of drug-likeness (QED) is 0.870. The van der Waals surface area contributed by atoms with E-state index in [0.29, 0.717) is 5.75 Å². The van der Waals surface area contributed by atoms with Gasteiger partial charge in [-0.3, -0.25) is 0 Å². The molecule has 0 aliphatic rings. The van der Waals surface area contributed by atoms with Crippen molar-refractivity contribution in [3.63, 3.8) is 0 Å². The molecule has 3 nitrogen and oxygen atoms in total. The molecule has 0 bridgehead atoms. The summed E-state index contributed by atoms with van der Waals surface area (Å²) in [7, 11) is 0. The monoisotopic (exact) mass is 250 g/mol. The lowest BCUT2D eigenvalue weighted by Gasteiger charge is -2.24. The standard InChI is InChI=1S/C15H22O3/c1-6-7-12-8-10(2)13(11(3)9-12)18-15(4,5)14(16)17/h8-9H,6-7H2,1-5H3,(H,16,17). The molecule has 1 aromatic rings. The van der Waals surface area contributed by atoms with E-state index in [-0.39, 0.29) is 0 Å². The van der Waals surface area contributed by atoms with Crippen molar-refractivity contribution in [1.29, 1.82) is 0 Å². The van der Waals surface area contributed by atoms with Crippen LogP contribution in [0.1, 0.15) is 43.9 Å². The van der Waals surface area contributed by atoms with Gasteiger partial charge in [-0.2, -0.15) is 0 Å². The van der Waals surface area contributed by atoms with Gasteiger partial charge in [-0.05, 0) is 50.8 Å². The Kier molecular flexibility index (Phi) is 4.38. The van der Waals surface area contributed by atoms with E-state index in [9.17, 15) is 4.79 Å². The van der Waals surface area contributed by atoms with Gasteiger partial charge in [0.05, 0.1) is 0 Å². The number of carboxylic acid groups (broad SMARTS) is 1. The van der Waals surface area contributed by atoms with E-state index >= 15 is 0 Å². The van der Waals surface area contributed by atoms with Crippen molar-refractivity contribution in [3.05, 3.63) is 28.8 Å². The molecule has 3 heteroatoms. The highest BCUT2D eigenvalue weighted by atomic mass is 16.5. The molecule has 0 saturated carbocycles. The predicted molar refractivity (Wildman–Crippen MR) is 72.3 cm³/mol. The van der Waals surface area contributed by atoms with Gasteiger partial charge in [0.25, 0.3) is 0 Å². The number of hydrogen-bond acceptors (Lipinski definition) is 2. The van der Waals surface area contributed by atoms with Crippen LogP contribution in [0, 0.1) is 13.8 Å². The van der Waals surface area contributed by atoms with Crippen LogP contribution in [0.15, 0.2) is 12.1 Å². The van der Waals surface area contributed by atoms with Crippen LogP contribution in [-0.4, -0.2) is 16.7 Å². The van der Waals surface area contributed by atoms with E-state index in [0.717, 1.165) is 24.0 Å². The van der Waals surface area contributed by atoms with E-state index < -0.39 is 11.6 Å². The zero-order chi connectivity index (χ0) is 13.9. The summed E-state index contributed by atoms with van der Waals surface area (Å²) in [6.45, 7) is 9.18. The summed E-state index contributed by atoms with van der Waals surface area (Å²) >= 11 is 0. The largest absolute Gasteiger partial charge is 0.478 e. The van der Waals surface area contributed by atoms with Crippen LogP contribution >= 0.6 is 0 Å². The first-order valence-electron chi connectivity index (χ1n) is 6.30. The first-order valence-corrected chi connectivity index (χ1v) is 6.30. The fraction of sp³-hybridized carbons (Fsp3) is 0.533. The van der Waals surface area contributed by atoms with Gasteiger partial charge >= 0.3 is 5.97 Å². The molecule has 0 aliphatic carbocycles. The molecule has 0 saturated heterocycles. The normalized spacial score (nSPS) is 11.4. The van der Waals surface area contributed by atoms with Gasteiger partial charge in [0.1, 0.15) is 5.75 Å². The van der Waals surface area contributed by atoms with Crippen LogP contribution < -0.4 is 4.74 Å². The molecule has 1 aromatic carbocycles. The predicted octanol–water partition coefficient (Wildman–Crippen LogP) is 3.50. The number of benzene rings is 1. The second-order valence-electron chi connectivity index (χ2n) is 5.23. The number of aliphatic carboxylic acids is 1. The van der Waals surface area contributed by atoms with Gasteiger partial charge in [-0.25, -0.2) is 4.79 Å². The molecule has 1 rings (SSSR count). The molecule has 0 fully saturated rings. The van der Waals surface area contributed by atoms with Crippen molar-refractivity contribution in [2.24, 2.45) is 0 Å². The molecule has 0 amide bonds. The van der Waals surface area contributed by atoms with Crippen LogP contribution in [0.3, 0.4) is 0 Å². The van der Waals surface area contributed by atoms with Crippen LogP contribution in [0.4, 0.5) is 0 Å². The third-order valence-electron chi connectivity index (χ3n) is 2.93. The van der Waals surface area contributed by atoms with E-state index in [1.54, 1.807) is 13.8 Å². The maximum absolute atomic E-state index is 11.1. The summed E-state index contributed by atoms with van der Waals surface area (Å²) in [4.78, 5) is 11.1. The average molecular weight is 250 g/mol. The highest BCUT2D eigenvalue weighted by Crippen LogP contribution is 2.29. The Hall–Kier alpha value is -1.51. The summed E-state index contributed by atoms with van der Waals surface area (Å²) < 4.78 is 5.66. The van der Waals surface area contributed by atoms with Gasteiger partial charge in [-0.1, -0.05) is 25.5 Å². The summed E-state index contributed by atoms with van der Waals surface area (Å²) in [5.74, 6) is -0.277. The summed E-state index contributed by atoms with van der Waals surface area (Å²) in [5, 5.41) is 9.10. The molecule has 0 aromatic heterocycles. The zero-order valence-corrected chi connectivity index (χ0v) is 11.8. The van der Waals surface area contributed by atoms with Gasteiger partial charge in [0, 0.05) is 0 Å². The number of carboxylic acids is 1. The topological polar surface area (TPSA) is 46.5 Å². The molecule has 100 valence electrons. The van der Waals surface area contributed by atoms with E-state index in [1.807, 2.05) is 13.8 Å². The van der Waals surface area contributed by atoms with Gasteiger partial charge in [0.2, 0.25) is 0 Å². The van der Waals surface area contributed by atoms with Crippen LogP contribution in [0.25, 0.3) is 0 Å². The molecule has 18 heavy (non-hydrogen) atoms. The number of ether oxygens (including phenoxy) is 1. The molecule has 0 radical (unpaired) electrons. The lowest BCUT2D eigenvalue weighted by atomic mass is 10.0. The first kappa shape index (κ1) is 14.6. The maximum Gasteiger partial charge on any atom is 0.347 e.